The lowest BCUT2D eigenvalue weighted by Crippen LogP contribution is -2.39. The summed E-state index contributed by atoms with van der Waals surface area (Å²) in [6, 6.07) is 7.73. The predicted octanol–water partition coefficient (Wildman–Crippen LogP) is 2.65. The maximum atomic E-state index is 13.1. The Balaban J connectivity index is 1.59. The monoisotopic (exact) mass is 368 g/mol. The standard InChI is InChI=1S/C21H28N4O2/c1-16-8-13-23(14-9-16)19(26)10-15-25-18-7-3-2-6-17(18)22-20(21(25)27)24-11-4-5-12-24/h2-3,6-7,16H,4-5,8-15H2,1H3. The van der Waals surface area contributed by atoms with Crippen LogP contribution >= 0.6 is 0 Å². The number of hydrogen-bond acceptors (Lipinski definition) is 4. The number of aromatic nitrogens is 2. The van der Waals surface area contributed by atoms with Crippen molar-refractivity contribution in [1.82, 2.24) is 14.5 Å². The number of anilines is 1. The van der Waals surface area contributed by atoms with Gasteiger partial charge in [0.2, 0.25) is 5.91 Å². The second-order valence-electron chi connectivity index (χ2n) is 7.89. The number of benzene rings is 1. The van der Waals surface area contributed by atoms with Crippen LogP contribution < -0.4 is 10.5 Å². The first-order valence-electron chi connectivity index (χ1n) is 10.2. The second kappa shape index (κ2) is 7.71. The fourth-order valence-electron chi connectivity index (χ4n) is 4.16. The summed E-state index contributed by atoms with van der Waals surface area (Å²) >= 11 is 0. The summed E-state index contributed by atoms with van der Waals surface area (Å²) in [6.45, 7) is 6.09. The summed E-state index contributed by atoms with van der Waals surface area (Å²) in [5.41, 5.74) is 1.56. The van der Waals surface area contributed by atoms with Crippen LogP contribution in [0.25, 0.3) is 11.0 Å². The van der Waals surface area contributed by atoms with E-state index in [9.17, 15) is 9.59 Å². The number of carbonyl (C=O) groups excluding carboxylic acids is 1. The fourth-order valence-corrected chi connectivity index (χ4v) is 4.16. The highest BCUT2D eigenvalue weighted by molar-refractivity contribution is 5.78. The normalized spacial score (nSPS) is 18.4. The number of fused-ring (bicyclic) bond motifs is 1. The Morgan fingerprint density at radius 1 is 1.11 bits per heavy atom. The molecule has 0 radical (unpaired) electrons. The molecule has 0 bridgehead atoms. The minimum absolute atomic E-state index is 0.0735. The number of likely N-dealkylation sites (tertiary alicyclic amines) is 1. The van der Waals surface area contributed by atoms with Crippen LogP contribution in [0.3, 0.4) is 0 Å². The molecule has 2 saturated heterocycles. The molecule has 3 heterocycles. The zero-order valence-corrected chi connectivity index (χ0v) is 16.1. The Bertz CT molecular complexity index is 877. The quantitative estimate of drug-likeness (QED) is 0.832. The zero-order valence-electron chi connectivity index (χ0n) is 16.1. The van der Waals surface area contributed by atoms with E-state index in [1.807, 2.05) is 29.2 Å². The smallest absolute Gasteiger partial charge is 0.294 e. The number of aryl methyl sites for hydroxylation is 1. The van der Waals surface area contributed by atoms with E-state index in [1.54, 1.807) is 4.57 Å². The maximum Gasteiger partial charge on any atom is 0.294 e. The predicted molar refractivity (Wildman–Crippen MR) is 107 cm³/mol. The maximum absolute atomic E-state index is 13.1. The van der Waals surface area contributed by atoms with E-state index < -0.39 is 0 Å². The molecule has 1 aromatic carbocycles. The van der Waals surface area contributed by atoms with Crippen LogP contribution in [0.5, 0.6) is 0 Å². The molecule has 144 valence electrons. The van der Waals surface area contributed by atoms with Gasteiger partial charge in [-0.1, -0.05) is 19.1 Å². The fraction of sp³-hybridized carbons (Fsp3) is 0.571. The van der Waals surface area contributed by atoms with Gasteiger partial charge in [-0.05, 0) is 43.7 Å². The van der Waals surface area contributed by atoms with E-state index in [1.165, 1.54) is 0 Å². The molecule has 2 aliphatic heterocycles. The molecule has 6 nitrogen and oxygen atoms in total. The average molecular weight is 368 g/mol. The van der Waals surface area contributed by atoms with Gasteiger partial charge in [-0.3, -0.25) is 9.59 Å². The van der Waals surface area contributed by atoms with Crippen molar-refractivity contribution in [2.75, 3.05) is 31.1 Å². The number of amides is 1. The van der Waals surface area contributed by atoms with Crippen molar-refractivity contribution < 1.29 is 4.79 Å². The van der Waals surface area contributed by atoms with E-state index in [-0.39, 0.29) is 11.5 Å². The van der Waals surface area contributed by atoms with Crippen LogP contribution in [-0.4, -0.2) is 46.5 Å². The summed E-state index contributed by atoms with van der Waals surface area (Å²) in [4.78, 5) is 34.5. The molecule has 0 N–H and O–H groups in total. The van der Waals surface area contributed by atoms with Gasteiger partial charge >= 0.3 is 0 Å². The van der Waals surface area contributed by atoms with Crippen molar-refractivity contribution in [2.45, 2.75) is 45.6 Å². The van der Waals surface area contributed by atoms with Crippen molar-refractivity contribution in [2.24, 2.45) is 5.92 Å². The van der Waals surface area contributed by atoms with Gasteiger partial charge in [-0.15, -0.1) is 0 Å². The first-order chi connectivity index (χ1) is 13.1. The van der Waals surface area contributed by atoms with Gasteiger partial charge in [-0.25, -0.2) is 4.98 Å². The largest absolute Gasteiger partial charge is 0.352 e. The lowest BCUT2D eigenvalue weighted by molar-refractivity contribution is -0.132. The molecule has 2 fully saturated rings. The van der Waals surface area contributed by atoms with Crippen LogP contribution in [0, 0.1) is 5.92 Å². The van der Waals surface area contributed by atoms with Crippen LogP contribution in [0.2, 0.25) is 0 Å². The average Bonchev–Trinajstić information content (AvgIpc) is 3.22. The SMILES string of the molecule is CC1CCN(C(=O)CCn2c(=O)c(N3CCCC3)nc3ccccc32)CC1. The van der Waals surface area contributed by atoms with Crippen LogP contribution in [-0.2, 0) is 11.3 Å². The molecule has 6 heteroatoms. The summed E-state index contributed by atoms with van der Waals surface area (Å²) in [7, 11) is 0. The summed E-state index contributed by atoms with van der Waals surface area (Å²) < 4.78 is 1.75. The Labute approximate surface area is 159 Å². The Morgan fingerprint density at radius 2 is 1.81 bits per heavy atom. The molecule has 4 rings (SSSR count). The highest BCUT2D eigenvalue weighted by Crippen LogP contribution is 2.20. The third-order valence-electron chi connectivity index (χ3n) is 5.93. The lowest BCUT2D eigenvalue weighted by atomic mass is 9.99. The molecule has 2 aliphatic rings. The van der Waals surface area contributed by atoms with Crippen LogP contribution in [0.4, 0.5) is 5.82 Å². The van der Waals surface area contributed by atoms with Gasteiger partial charge in [0.1, 0.15) is 0 Å². The van der Waals surface area contributed by atoms with Crippen molar-refractivity contribution in [1.29, 1.82) is 0 Å². The van der Waals surface area contributed by atoms with Gasteiger partial charge in [0, 0.05) is 39.1 Å². The highest BCUT2D eigenvalue weighted by Gasteiger charge is 2.22. The molecule has 0 atom stereocenters. The van der Waals surface area contributed by atoms with Crippen molar-refractivity contribution in [3.05, 3.63) is 34.6 Å². The molecule has 2 aromatic rings. The van der Waals surface area contributed by atoms with Crippen molar-refractivity contribution in [3.63, 3.8) is 0 Å². The van der Waals surface area contributed by atoms with E-state index in [2.05, 4.69) is 16.8 Å². The van der Waals surface area contributed by atoms with Crippen molar-refractivity contribution in [3.8, 4) is 0 Å². The molecule has 1 aromatic heterocycles. The molecule has 27 heavy (non-hydrogen) atoms. The number of hydrogen-bond donors (Lipinski definition) is 0. The topological polar surface area (TPSA) is 58.4 Å². The van der Waals surface area contributed by atoms with Crippen molar-refractivity contribution >= 4 is 22.8 Å². The third-order valence-corrected chi connectivity index (χ3v) is 5.93. The second-order valence-corrected chi connectivity index (χ2v) is 7.89. The molecule has 0 aliphatic carbocycles. The first-order valence-corrected chi connectivity index (χ1v) is 10.2. The summed E-state index contributed by atoms with van der Waals surface area (Å²) in [5, 5.41) is 0. The molecule has 0 unspecified atom stereocenters. The molecular weight excluding hydrogens is 340 g/mol. The van der Waals surface area contributed by atoms with E-state index in [4.69, 9.17) is 0 Å². The lowest BCUT2D eigenvalue weighted by Gasteiger charge is -2.30. The van der Waals surface area contributed by atoms with E-state index in [0.717, 1.165) is 62.9 Å². The molecule has 0 saturated carbocycles. The molecule has 1 amide bonds. The minimum Gasteiger partial charge on any atom is -0.352 e. The first kappa shape index (κ1) is 18.0. The van der Waals surface area contributed by atoms with Gasteiger partial charge in [0.15, 0.2) is 5.82 Å². The molecular formula is C21H28N4O2. The zero-order chi connectivity index (χ0) is 18.8. The molecule has 0 spiro atoms. The Kier molecular flexibility index (Phi) is 5.14. The number of para-hydroxylation sites is 2. The number of piperidine rings is 1. The van der Waals surface area contributed by atoms with Crippen LogP contribution in [0.15, 0.2) is 29.1 Å². The highest BCUT2D eigenvalue weighted by atomic mass is 16.2. The third kappa shape index (κ3) is 3.70. The Morgan fingerprint density at radius 3 is 2.56 bits per heavy atom. The summed E-state index contributed by atoms with van der Waals surface area (Å²) in [5.74, 6) is 1.38. The van der Waals surface area contributed by atoms with E-state index in [0.29, 0.717) is 24.7 Å². The van der Waals surface area contributed by atoms with Gasteiger partial charge in [-0.2, -0.15) is 0 Å². The Hall–Kier alpha value is -2.37. The minimum atomic E-state index is -0.0735. The number of rotatable bonds is 4. The van der Waals surface area contributed by atoms with Gasteiger partial charge in [0.05, 0.1) is 11.0 Å². The van der Waals surface area contributed by atoms with Gasteiger partial charge in [0.25, 0.3) is 5.56 Å². The number of nitrogens with zero attached hydrogens (tertiary/aromatic N) is 4. The van der Waals surface area contributed by atoms with Gasteiger partial charge < -0.3 is 14.4 Å². The van der Waals surface area contributed by atoms with E-state index >= 15 is 0 Å². The summed E-state index contributed by atoms with van der Waals surface area (Å²) in [6.07, 6.45) is 4.70. The van der Waals surface area contributed by atoms with Crippen LogP contribution in [0.1, 0.15) is 39.0 Å². The number of carbonyl (C=O) groups is 1.